The van der Waals surface area contributed by atoms with Crippen molar-refractivity contribution >= 4 is 21.4 Å². The molecule has 3 aromatic rings. The van der Waals surface area contributed by atoms with Gasteiger partial charge in [0, 0.05) is 18.7 Å². The van der Waals surface area contributed by atoms with Gasteiger partial charge in [0.2, 0.25) is 10.1 Å². The zero-order chi connectivity index (χ0) is 20.7. The van der Waals surface area contributed by atoms with Crippen LogP contribution in [0.2, 0.25) is 0 Å². The third kappa shape index (κ3) is 4.46. The van der Waals surface area contributed by atoms with Gasteiger partial charge in [0.25, 0.3) is 0 Å². The summed E-state index contributed by atoms with van der Waals surface area (Å²) in [7, 11) is 0. The van der Waals surface area contributed by atoms with Crippen molar-refractivity contribution in [3.63, 3.8) is 0 Å². The lowest BCUT2D eigenvalue weighted by Gasteiger charge is -2.31. The first-order valence-electron chi connectivity index (χ1n) is 10.4. The van der Waals surface area contributed by atoms with E-state index in [9.17, 15) is 13.2 Å². The maximum Gasteiger partial charge on any atom is 0.416 e. The Morgan fingerprint density at radius 2 is 1.90 bits per heavy atom. The summed E-state index contributed by atoms with van der Waals surface area (Å²) in [6, 6.07) is 5.23. The van der Waals surface area contributed by atoms with Crippen LogP contribution in [0.25, 0.3) is 16.2 Å². The number of imidazole rings is 1. The normalized spacial score (nSPS) is 18.9. The minimum Gasteiger partial charge on any atom is -0.360 e. The van der Waals surface area contributed by atoms with E-state index in [2.05, 4.69) is 20.3 Å². The smallest absolute Gasteiger partial charge is 0.360 e. The topological polar surface area (TPSA) is 45.5 Å². The molecule has 5 nitrogen and oxygen atoms in total. The molecule has 5 rings (SSSR count). The first kappa shape index (κ1) is 19.8. The first-order chi connectivity index (χ1) is 14.4. The molecule has 1 N–H and O–H groups in total. The van der Waals surface area contributed by atoms with Gasteiger partial charge in [0.05, 0.1) is 17.5 Å². The molecule has 160 valence electrons. The van der Waals surface area contributed by atoms with Gasteiger partial charge in [-0.15, -0.1) is 5.10 Å². The molecule has 1 saturated carbocycles. The van der Waals surface area contributed by atoms with Crippen LogP contribution in [-0.2, 0) is 6.18 Å². The van der Waals surface area contributed by atoms with E-state index in [0.717, 1.165) is 29.7 Å². The van der Waals surface area contributed by atoms with Crippen LogP contribution in [0.3, 0.4) is 0 Å². The van der Waals surface area contributed by atoms with Crippen LogP contribution < -0.4 is 5.32 Å². The number of aromatic nitrogens is 3. The number of rotatable bonds is 6. The third-order valence-corrected chi connectivity index (χ3v) is 6.87. The molecule has 1 aromatic carbocycles. The van der Waals surface area contributed by atoms with Gasteiger partial charge < -0.3 is 10.2 Å². The van der Waals surface area contributed by atoms with E-state index in [1.54, 1.807) is 16.8 Å². The number of nitrogens with one attached hydrogen (secondary N) is 1. The van der Waals surface area contributed by atoms with E-state index in [4.69, 9.17) is 0 Å². The number of piperidine rings is 1. The molecule has 0 bridgehead atoms. The number of halogens is 3. The number of likely N-dealkylation sites (tertiary alicyclic amines) is 1. The zero-order valence-electron chi connectivity index (χ0n) is 16.5. The lowest BCUT2D eigenvalue weighted by Crippen LogP contribution is -2.37. The second-order valence-electron chi connectivity index (χ2n) is 8.41. The monoisotopic (exact) mass is 435 g/mol. The molecular weight excluding hydrogens is 411 g/mol. The van der Waals surface area contributed by atoms with Gasteiger partial charge in [-0.2, -0.15) is 13.2 Å². The van der Waals surface area contributed by atoms with Crippen LogP contribution in [0.5, 0.6) is 0 Å². The summed E-state index contributed by atoms with van der Waals surface area (Å²) in [6.45, 7) is 4.54. The van der Waals surface area contributed by atoms with Gasteiger partial charge in [0.1, 0.15) is 0 Å². The standard InChI is InChI=1S/C21H24F3N5S/c22-21(23,24)17-3-1-2-16(10-17)18-13-29-20(26-18)30-19(27-29)25-11-14-6-8-28(9-7-14)12-15-4-5-15/h1-3,10,13-15H,4-9,11-12H2,(H,25,27). The fourth-order valence-electron chi connectivity index (χ4n) is 4.04. The molecule has 0 unspecified atom stereocenters. The Labute approximate surface area is 176 Å². The summed E-state index contributed by atoms with van der Waals surface area (Å²) >= 11 is 1.43. The Kier molecular flexibility index (Phi) is 5.18. The van der Waals surface area contributed by atoms with Crippen LogP contribution >= 0.6 is 11.3 Å². The van der Waals surface area contributed by atoms with E-state index in [0.29, 0.717) is 22.1 Å². The predicted octanol–water partition coefficient (Wildman–Crippen LogP) is 5.01. The fraction of sp³-hybridized carbons (Fsp3) is 0.524. The number of nitrogens with zero attached hydrogens (tertiary/aromatic N) is 4. The maximum absolute atomic E-state index is 13.0. The minimum atomic E-state index is -4.36. The number of alkyl halides is 3. The van der Waals surface area contributed by atoms with Crippen LogP contribution in [0.4, 0.5) is 18.3 Å². The molecule has 1 aliphatic carbocycles. The Balaban J connectivity index is 1.19. The summed E-state index contributed by atoms with van der Waals surface area (Å²) in [4.78, 5) is 7.74. The van der Waals surface area contributed by atoms with E-state index >= 15 is 0 Å². The molecule has 30 heavy (non-hydrogen) atoms. The highest BCUT2D eigenvalue weighted by molar-refractivity contribution is 7.20. The largest absolute Gasteiger partial charge is 0.416 e. The molecule has 2 aliphatic rings. The highest BCUT2D eigenvalue weighted by Gasteiger charge is 2.31. The Morgan fingerprint density at radius 3 is 2.60 bits per heavy atom. The molecule has 2 aromatic heterocycles. The van der Waals surface area contributed by atoms with Crippen molar-refractivity contribution in [1.82, 2.24) is 19.5 Å². The molecular formula is C21H24F3N5S. The van der Waals surface area contributed by atoms with Crippen LogP contribution in [-0.4, -0.2) is 45.7 Å². The Morgan fingerprint density at radius 1 is 1.10 bits per heavy atom. The third-order valence-electron chi connectivity index (χ3n) is 5.99. The minimum absolute atomic E-state index is 0.440. The van der Waals surface area contributed by atoms with Crippen LogP contribution in [0, 0.1) is 11.8 Å². The molecule has 1 saturated heterocycles. The number of hydrogen-bond donors (Lipinski definition) is 1. The molecule has 3 heterocycles. The molecule has 0 spiro atoms. The van der Waals surface area contributed by atoms with E-state index in [1.807, 2.05) is 0 Å². The van der Waals surface area contributed by atoms with Crippen molar-refractivity contribution in [2.75, 3.05) is 31.5 Å². The summed E-state index contributed by atoms with van der Waals surface area (Å²) < 4.78 is 40.5. The maximum atomic E-state index is 13.0. The highest BCUT2D eigenvalue weighted by atomic mass is 32.1. The Hall–Kier alpha value is -2.13. The first-order valence-corrected chi connectivity index (χ1v) is 11.3. The van der Waals surface area contributed by atoms with Crippen molar-refractivity contribution in [3.05, 3.63) is 36.0 Å². The Bertz CT molecular complexity index is 984. The lowest BCUT2D eigenvalue weighted by molar-refractivity contribution is -0.137. The van der Waals surface area contributed by atoms with Gasteiger partial charge in [-0.3, -0.25) is 0 Å². The lowest BCUT2D eigenvalue weighted by atomic mass is 9.97. The molecule has 0 amide bonds. The number of anilines is 1. The van der Waals surface area contributed by atoms with E-state index < -0.39 is 11.7 Å². The summed E-state index contributed by atoms with van der Waals surface area (Å²) in [5, 5.41) is 8.73. The number of hydrogen-bond acceptors (Lipinski definition) is 5. The summed E-state index contributed by atoms with van der Waals surface area (Å²) in [5.41, 5.74) is 0.263. The van der Waals surface area contributed by atoms with Gasteiger partial charge in [0.15, 0.2) is 0 Å². The predicted molar refractivity (Wildman–Crippen MR) is 112 cm³/mol. The molecule has 0 radical (unpaired) electrons. The van der Waals surface area contributed by atoms with Crippen LogP contribution in [0.15, 0.2) is 30.5 Å². The van der Waals surface area contributed by atoms with E-state index in [1.165, 1.54) is 62.7 Å². The van der Waals surface area contributed by atoms with Crippen molar-refractivity contribution < 1.29 is 13.2 Å². The van der Waals surface area contributed by atoms with Crippen LogP contribution in [0.1, 0.15) is 31.2 Å². The SMILES string of the molecule is FC(F)(F)c1cccc(-c2cn3nc(NCC4CCN(CC5CC5)CC4)sc3n2)c1. The average molecular weight is 436 g/mol. The molecule has 1 aliphatic heterocycles. The quantitative estimate of drug-likeness (QED) is 0.591. The van der Waals surface area contributed by atoms with Crippen molar-refractivity contribution in [2.45, 2.75) is 31.9 Å². The highest BCUT2D eigenvalue weighted by Crippen LogP contribution is 2.33. The van der Waals surface area contributed by atoms with Gasteiger partial charge in [-0.25, -0.2) is 9.50 Å². The van der Waals surface area contributed by atoms with E-state index in [-0.39, 0.29) is 0 Å². The van der Waals surface area contributed by atoms with Gasteiger partial charge in [-0.05, 0) is 62.7 Å². The van der Waals surface area contributed by atoms with Crippen molar-refractivity contribution in [1.29, 1.82) is 0 Å². The average Bonchev–Trinajstić information content (AvgIpc) is 3.32. The number of fused-ring (bicyclic) bond motifs is 1. The van der Waals surface area contributed by atoms with Gasteiger partial charge >= 0.3 is 6.18 Å². The second kappa shape index (κ2) is 7.85. The van der Waals surface area contributed by atoms with Crippen molar-refractivity contribution in [3.8, 4) is 11.3 Å². The molecule has 0 atom stereocenters. The van der Waals surface area contributed by atoms with Gasteiger partial charge in [-0.1, -0.05) is 23.5 Å². The zero-order valence-corrected chi connectivity index (χ0v) is 17.3. The fourth-order valence-corrected chi connectivity index (χ4v) is 4.82. The summed E-state index contributed by atoms with van der Waals surface area (Å²) in [5.74, 6) is 1.60. The second-order valence-corrected chi connectivity index (χ2v) is 9.36. The van der Waals surface area contributed by atoms with Crippen molar-refractivity contribution in [2.24, 2.45) is 11.8 Å². The number of benzene rings is 1. The molecule has 9 heteroatoms. The summed E-state index contributed by atoms with van der Waals surface area (Å²) in [6.07, 6.45) is 2.55. The molecule has 2 fully saturated rings.